The van der Waals surface area contributed by atoms with Gasteiger partial charge in [-0.15, -0.1) is 0 Å². The van der Waals surface area contributed by atoms with Gasteiger partial charge in [-0.2, -0.15) is 4.31 Å². The SMILES string of the molecule is CCn1c(C2CCCCC2)cc(Cc2ccccc2S(=O)(=O)N2CCCC2)c1C. The van der Waals surface area contributed by atoms with Crippen molar-refractivity contribution in [2.45, 2.75) is 82.6 Å². The van der Waals surface area contributed by atoms with Gasteiger partial charge >= 0.3 is 0 Å². The molecule has 4 nitrogen and oxygen atoms in total. The zero-order valence-corrected chi connectivity index (χ0v) is 18.7. The molecule has 0 bridgehead atoms. The van der Waals surface area contributed by atoms with Crippen molar-refractivity contribution in [2.75, 3.05) is 13.1 Å². The van der Waals surface area contributed by atoms with Gasteiger partial charge in [0.15, 0.2) is 0 Å². The number of benzene rings is 1. The van der Waals surface area contributed by atoms with Crippen LogP contribution in [0.25, 0.3) is 0 Å². The molecule has 1 aliphatic heterocycles. The molecule has 158 valence electrons. The van der Waals surface area contributed by atoms with Crippen molar-refractivity contribution in [3.8, 4) is 0 Å². The second-order valence-electron chi connectivity index (χ2n) is 8.65. The predicted molar refractivity (Wildman–Crippen MR) is 118 cm³/mol. The van der Waals surface area contributed by atoms with Crippen molar-refractivity contribution >= 4 is 10.0 Å². The van der Waals surface area contributed by atoms with Crippen molar-refractivity contribution in [3.05, 3.63) is 52.8 Å². The summed E-state index contributed by atoms with van der Waals surface area (Å²) in [5, 5.41) is 0. The largest absolute Gasteiger partial charge is 0.349 e. The number of hydrogen-bond donors (Lipinski definition) is 0. The van der Waals surface area contributed by atoms with Gasteiger partial charge in [0.1, 0.15) is 0 Å². The molecule has 0 spiro atoms. The van der Waals surface area contributed by atoms with Gasteiger partial charge in [0.25, 0.3) is 0 Å². The molecule has 2 aliphatic rings. The first-order chi connectivity index (χ1) is 14.0. The topological polar surface area (TPSA) is 42.3 Å². The van der Waals surface area contributed by atoms with E-state index in [9.17, 15) is 8.42 Å². The molecule has 0 radical (unpaired) electrons. The fourth-order valence-electron chi connectivity index (χ4n) is 5.24. The van der Waals surface area contributed by atoms with Crippen molar-refractivity contribution in [3.63, 3.8) is 0 Å². The Bertz CT molecular complexity index is 949. The fourth-order valence-corrected chi connectivity index (χ4v) is 6.98. The summed E-state index contributed by atoms with van der Waals surface area (Å²) in [5.41, 5.74) is 4.95. The summed E-state index contributed by atoms with van der Waals surface area (Å²) in [6.45, 7) is 6.69. The Hall–Kier alpha value is -1.59. The molecule has 2 aromatic rings. The molecule has 2 fully saturated rings. The standard InChI is InChI=1S/C24H34N2O2S/c1-3-26-19(2)22(18-23(26)20-11-5-4-6-12-20)17-21-13-7-8-14-24(21)29(27,28)25-15-9-10-16-25/h7-8,13-14,18,20H,3-6,9-12,15-17H2,1-2H3. The maximum atomic E-state index is 13.2. The summed E-state index contributed by atoms with van der Waals surface area (Å²) < 4.78 is 30.6. The normalized spacial score (nSPS) is 19.1. The molecule has 1 saturated carbocycles. The highest BCUT2D eigenvalue weighted by molar-refractivity contribution is 7.89. The summed E-state index contributed by atoms with van der Waals surface area (Å²) in [6, 6.07) is 9.97. The van der Waals surface area contributed by atoms with Crippen LogP contribution in [0, 0.1) is 6.92 Å². The van der Waals surface area contributed by atoms with Crippen molar-refractivity contribution in [1.82, 2.24) is 8.87 Å². The van der Waals surface area contributed by atoms with E-state index in [1.807, 2.05) is 18.2 Å². The van der Waals surface area contributed by atoms with Crippen LogP contribution < -0.4 is 0 Å². The van der Waals surface area contributed by atoms with E-state index in [4.69, 9.17) is 0 Å². The van der Waals surface area contributed by atoms with Crippen LogP contribution in [-0.2, 0) is 23.0 Å². The Balaban J connectivity index is 1.67. The van der Waals surface area contributed by atoms with Crippen LogP contribution in [0.3, 0.4) is 0 Å². The highest BCUT2D eigenvalue weighted by Gasteiger charge is 2.29. The summed E-state index contributed by atoms with van der Waals surface area (Å²) in [7, 11) is -3.41. The smallest absolute Gasteiger partial charge is 0.243 e. The van der Waals surface area contributed by atoms with Gasteiger partial charge in [0.05, 0.1) is 4.90 Å². The van der Waals surface area contributed by atoms with Gasteiger partial charge in [-0.1, -0.05) is 37.5 Å². The van der Waals surface area contributed by atoms with Crippen LogP contribution in [0.5, 0.6) is 0 Å². The van der Waals surface area contributed by atoms with E-state index in [1.54, 1.807) is 10.4 Å². The number of nitrogens with zero attached hydrogens (tertiary/aromatic N) is 2. The van der Waals surface area contributed by atoms with Crippen LogP contribution in [0.1, 0.15) is 80.3 Å². The zero-order valence-electron chi connectivity index (χ0n) is 17.9. The lowest BCUT2D eigenvalue weighted by atomic mass is 9.86. The Labute approximate surface area is 176 Å². The van der Waals surface area contributed by atoms with E-state index in [-0.39, 0.29) is 0 Å². The Kier molecular flexibility index (Phi) is 6.16. The summed E-state index contributed by atoms with van der Waals surface area (Å²) in [4.78, 5) is 0.491. The molecular weight excluding hydrogens is 380 g/mol. The lowest BCUT2D eigenvalue weighted by Crippen LogP contribution is -2.28. The summed E-state index contributed by atoms with van der Waals surface area (Å²) >= 11 is 0. The molecule has 0 N–H and O–H groups in total. The minimum atomic E-state index is -3.41. The minimum Gasteiger partial charge on any atom is -0.349 e. The first kappa shape index (κ1) is 20.7. The van der Waals surface area contributed by atoms with Crippen LogP contribution in [0.15, 0.2) is 35.2 Å². The third kappa shape index (κ3) is 4.04. The maximum absolute atomic E-state index is 13.2. The molecule has 4 rings (SSSR count). The van der Waals surface area contributed by atoms with E-state index in [0.717, 1.165) is 24.9 Å². The quantitative estimate of drug-likeness (QED) is 0.649. The second-order valence-corrected chi connectivity index (χ2v) is 10.6. The van der Waals surface area contributed by atoms with E-state index < -0.39 is 10.0 Å². The van der Waals surface area contributed by atoms with Crippen molar-refractivity contribution in [2.24, 2.45) is 0 Å². The lowest BCUT2D eigenvalue weighted by molar-refractivity contribution is 0.424. The Morgan fingerprint density at radius 2 is 1.66 bits per heavy atom. The Morgan fingerprint density at radius 1 is 0.966 bits per heavy atom. The number of rotatable bonds is 6. The van der Waals surface area contributed by atoms with E-state index in [2.05, 4.69) is 24.5 Å². The minimum absolute atomic E-state index is 0.491. The van der Waals surface area contributed by atoms with Crippen molar-refractivity contribution in [1.29, 1.82) is 0 Å². The van der Waals surface area contributed by atoms with Gasteiger partial charge in [-0.3, -0.25) is 0 Å². The second kappa shape index (κ2) is 8.65. The van der Waals surface area contributed by atoms with Crippen LogP contribution in [0.4, 0.5) is 0 Å². The molecule has 0 amide bonds. The molecule has 29 heavy (non-hydrogen) atoms. The van der Waals surface area contributed by atoms with E-state index in [1.165, 1.54) is 49.1 Å². The first-order valence-corrected chi connectivity index (χ1v) is 12.7. The van der Waals surface area contributed by atoms with E-state index in [0.29, 0.717) is 30.3 Å². The van der Waals surface area contributed by atoms with Gasteiger partial charge in [0, 0.05) is 37.4 Å². The van der Waals surface area contributed by atoms with Gasteiger partial charge in [-0.05, 0) is 68.7 Å². The van der Waals surface area contributed by atoms with Gasteiger partial charge in [0.2, 0.25) is 10.0 Å². The number of sulfonamides is 1. The molecule has 0 atom stereocenters. The molecule has 1 aromatic heterocycles. The molecule has 0 unspecified atom stereocenters. The highest BCUT2D eigenvalue weighted by Crippen LogP contribution is 2.36. The van der Waals surface area contributed by atoms with Crippen molar-refractivity contribution < 1.29 is 8.42 Å². The molecule has 5 heteroatoms. The fraction of sp³-hybridized carbons (Fsp3) is 0.583. The zero-order chi connectivity index (χ0) is 20.4. The van der Waals surface area contributed by atoms with Crippen LogP contribution in [-0.4, -0.2) is 30.4 Å². The molecule has 2 heterocycles. The number of hydrogen-bond acceptors (Lipinski definition) is 2. The van der Waals surface area contributed by atoms with Crippen LogP contribution in [0.2, 0.25) is 0 Å². The monoisotopic (exact) mass is 414 g/mol. The third-order valence-corrected chi connectivity index (χ3v) is 8.88. The highest BCUT2D eigenvalue weighted by atomic mass is 32.2. The predicted octanol–water partition coefficient (Wildman–Crippen LogP) is 5.24. The molecule has 1 aliphatic carbocycles. The Morgan fingerprint density at radius 3 is 2.34 bits per heavy atom. The molecule has 1 aromatic carbocycles. The van der Waals surface area contributed by atoms with Gasteiger partial charge < -0.3 is 4.57 Å². The number of aromatic nitrogens is 1. The summed E-state index contributed by atoms with van der Waals surface area (Å²) in [5.74, 6) is 0.653. The first-order valence-electron chi connectivity index (χ1n) is 11.3. The lowest BCUT2D eigenvalue weighted by Gasteiger charge is -2.23. The van der Waals surface area contributed by atoms with Gasteiger partial charge in [-0.25, -0.2) is 8.42 Å². The summed E-state index contributed by atoms with van der Waals surface area (Å²) in [6.07, 6.45) is 9.18. The average Bonchev–Trinajstić information content (AvgIpc) is 3.38. The maximum Gasteiger partial charge on any atom is 0.243 e. The molecule has 1 saturated heterocycles. The van der Waals surface area contributed by atoms with E-state index >= 15 is 0 Å². The average molecular weight is 415 g/mol. The molecular formula is C24H34N2O2S. The third-order valence-electron chi connectivity index (χ3n) is 6.88. The van der Waals surface area contributed by atoms with Crippen LogP contribution >= 0.6 is 0 Å².